The monoisotopic (exact) mass is 437 g/mol. The summed E-state index contributed by atoms with van der Waals surface area (Å²) >= 11 is 7.14. The zero-order chi connectivity index (χ0) is 20.9. The Morgan fingerprint density at radius 3 is 2.29 bits per heavy atom. The lowest BCUT2D eigenvalue weighted by Gasteiger charge is -2.27. The van der Waals surface area contributed by atoms with Crippen LogP contribution in [-0.4, -0.2) is 21.8 Å². The number of benzene rings is 2. The lowest BCUT2D eigenvalue weighted by atomic mass is 9.80. The largest absolute Gasteiger partial charge is 0.494 e. The molecular formula is C22H29O3S3. The van der Waals surface area contributed by atoms with Gasteiger partial charge in [-0.1, -0.05) is 64.4 Å². The average molecular weight is 438 g/mol. The van der Waals surface area contributed by atoms with Gasteiger partial charge in [0.2, 0.25) is 0 Å². The highest BCUT2D eigenvalue weighted by Gasteiger charge is 2.23. The maximum Gasteiger partial charge on any atom is 0.175 e. The number of ether oxygens (including phenoxy) is 1. The number of hydrogen-bond acceptors (Lipinski definition) is 4. The molecule has 0 heterocycles. The molecule has 28 heavy (non-hydrogen) atoms. The van der Waals surface area contributed by atoms with Crippen LogP contribution in [0.2, 0.25) is 0 Å². The summed E-state index contributed by atoms with van der Waals surface area (Å²) in [5.74, 6) is 0.695. The summed E-state index contributed by atoms with van der Waals surface area (Å²) in [6.07, 6.45) is 5.95. The van der Waals surface area contributed by atoms with Crippen LogP contribution in [-0.2, 0) is 15.3 Å². The Hall–Kier alpha value is -1.24. The molecule has 0 bridgehead atoms. The molecule has 0 aliphatic rings. The second kappa shape index (κ2) is 9.51. The summed E-state index contributed by atoms with van der Waals surface area (Å²) in [4.78, 5) is 2.93. The van der Waals surface area contributed by atoms with Crippen LogP contribution in [0, 0.1) is 0 Å². The van der Waals surface area contributed by atoms with Crippen molar-refractivity contribution in [3.8, 4) is 5.75 Å². The molecule has 2 aromatic rings. The fourth-order valence-corrected chi connectivity index (χ4v) is 5.10. The second-order valence-corrected chi connectivity index (χ2v) is 11.3. The smallest absolute Gasteiger partial charge is 0.175 e. The molecule has 0 aliphatic heterocycles. The first-order valence-corrected chi connectivity index (χ1v) is 12.6. The summed E-state index contributed by atoms with van der Waals surface area (Å²) in [7, 11) is -1.57. The van der Waals surface area contributed by atoms with Crippen LogP contribution < -0.4 is 4.74 Å². The Morgan fingerprint density at radius 2 is 1.75 bits per heavy atom. The van der Waals surface area contributed by atoms with Crippen molar-refractivity contribution in [2.75, 3.05) is 13.4 Å². The molecule has 0 amide bonds. The highest BCUT2D eigenvalue weighted by molar-refractivity contribution is 7.99. The molecule has 0 saturated heterocycles. The van der Waals surface area contributed by atoms with Crippen molar-refractivity contribution >= 4 is 34.2 Å². The first kappa shape index (κ1) is 23.0. The second-order valence-electron chi connectivity index (χ2n) is 7.69. The molecule has 2 aromatic carbocycles. The van der Waals surface area contributed by atoms with E-state index in [1.165, 1.54) is 31.1 Å². The third-order valence-corrected chi connectivity index (χ3v) is 7.35. The van der Waals surface area contributed by atoms with Crippen LogP contribution in [0.25, 0.3) is 0 Å². The van der Waals surface area contributed by atoms with Gasteiger partial charge in [-0.25, -0.2) is 8.42 Å². The van der Waals surface area contributed by atoms with Crippen molar-refractivity contribution in [3.63, 3.8) is 0 Å². The molecule has 6 heteroatoms. The zero-order valence-corrected chi connectivity index (χ0v) is 19.7. The Kier molecular flexibility index (Phi) is 7.82. The van der Waals surface area contributed by atoms with Gasteiger partial charge in [-0.05, 0) is 53.8 Å². The van der Waals surface area contributed by atoms with Crippen molar-refractivity contribution in [1.82, 2.24) is 0 Å². The van der Waals surface area contributed by atoms with Gasteiger partial charge in [0.15, 0.2) is 15.6 Å². The van der Waals surface area contributed by atoms with Gasteiger partial charge in [-0.3, -0.25) is 0 Å². The highest BCUT2D eigenvalue weighted by Crippen LogP contribution is 2.43. The minimum absolute atomic E-state index is 0.0322. The van der Waals surface area contributed by atoms with E-state index in [1.54, 1.807) is 31.0 Å². The van der Waals surface area contributed by atoms with E-state index in [0.29, 0.717) is 15.5 Å². The van der Waals surface area contributed by atoms with E-state index in [4.69, 9.17) is 17.4 Å². The molecule has 153 valence electrons. The lowest BCUT2D eigenvalue weighted by molar-refractivity contribution is 0.391. The molecular weight excluding hydrogens is 408 g/mol. The van der Waals surface area contributed by atoms with Crippen LogP contribution in [0.1, 0.15) is 52.0 Å². The van der Waals surface area contributed by atoms with E-state index in [0.717, 1.165) is 16.2 Å². The topological polar surface area (TPSA) is 43.4 Å². The third-order valence-electron chi connectivity index (χ3n) is 4.89. The first-order chi connectivity index (χ1) is 13.1. The minimum atomic E-state index is -3.20. The molecule has 0 saturated carbocycles. The standard InChI is InChI=1S/C22H29O3S3/c1-6-7-8-13-22(2,3)16-14-19(26)21(25-4)20(15-16)27-17-9-11-18(12-10-17)28(5,23)24/h9-12,14-15H,6-8,13H2,1-5H3. The van der Waals surface area contributed by atoms with Crippen molar-refractivity contribution in [2.45, 2.75) is 71.5 Å². The van der Waals surface area contributed by atoms with Gasteiger partial charge in [0.05, 0.1) is 21.8 Å². The summed E-state index contributed by atoms with van der Waals surface area (Å²) < 4.78 is 28.9. The lowest BCUT2D eigenvalue weighted by Crippen LogP contribution is -2.17. The maximum absolute atomic E-state index is 11.7. The first-order valence-electron chi connectivity index (χ1n) is 9.46. The molecule has 0 fully saturated rings. The Labute approximate surface area is 179 Å². The molecule has 1 radical (unpaired) electrons. The molecule has 2 rings (SSSR count). The fourth-order valence-electron chi connectivity index (χ4n) is 3.09. The molecule has 0 N–H and O–H groups in total. The molecule has 3 nitrogen and oxygen atoms in total. The summed E-state index contributed by atoms with van der Waals surface area (Å²) in [6, 6.07) is 11.1. The Balaban J connectivity index is 2.36. The molecule has 0 aromatic heterocycles. The maximum atomic E-state index is 11.7. The van der Waals surface area contributed by atoms with Crippen LogP contribution in [0.5, 0.6) is 5.75 Å². The minimum Gasteiger partial charge on any atom is -0.494 e. The van der Waals surface area contributed by atoms with Gasteiger partial charge in [-0.15, -0.1) is 0 Å². The van der Waals surface area contributed by atoms with Crippen LogP contribution in [0.3, 0.4) is 0 Å². The quantitative estimate of drug-likeness (QED) is 0.411. The van der Waals surface area contributed by atoms with Gasteiger partial charge in [0.1, 0.15) is 0 Å². The van der Waals surface area contributed by atoms with Crippen molar-refractivity contribution < 1.29 is 13.2 Å². The summed E-state index contributed by atoms with van der Waals surface area (Å²) in [5.41, 5.74) is 1.24. The normalized spacial score (nSPS) is 12.2. The number of methoxy groups -OCH3 is 1. The van der Waals surface area contributed by atoms with Gasteiger partial charge >= 0.3 is 0 Å². The Bertz CT molecular complexity index is 901. The number of rotatable bonds is 9. The van der Waals surface area contributed by atoms with Crippen molar-refractivity contribution in [3.05, 3.63) is 42.0 Å². The third kappa shape index (κ3) is 5.88. The number of sulfone groups is 1. The number of hydrogen-bond donors (Lipinski definition) is 0. The predicted molar refractivity (Wildman–Crippen MR) is 120 cm³/mol. The zero-order valence-electron chi connectivity index (χ0n) is 17.2. The van der Waals surface area contributed by atoms with Crippen LogP contribution in [0.4, 0.5) is 0 Å². The molecule has 0 aliphatic carbocycles. The fraction of sp³-hybridized carbons (Fsp3) is 0.455. The van der Waals surface area contributed by atoms with E-state index in [2.05, 4.69) is 32.9 Å². The predicted octanol–water partition coefficient (Wildman–Crippen LogP) is 6.66. The van der Waals surface area contributed by atoms with E-state index in [1.807, 2.05) is 12.1 Å². The van der Waals surface area contributed by atoms with Crippen LogP contribution >= 0.6 is 24.4 Å². The molecule has 0 spiro atoms. The van der Waals surface area contributed by atoms with E-state index >= 15 is 0 Å². The van der Waals surface area contributed by atoms with Gasteiger partial charge < -0.3 is 4.74 Å². The van der Waals surface area contributed by atoms with Gasteiger partial charge in [0, 0.05) is 11.2 Å². The number of unbranched alkanes of at least 4 members (excludes halogenated alkanes) is 2. The van der Waals surface area contributed by atoms with E-state index in [9.17, 15) is 8.42 Å². The van der Waals surface area contributed by atoms with Gasteiger partial charge in [0.25, 0.3) is 0 Å². The average Bonchev–Trinajstić information content (AvgIpc) is 2.61. The van der Waals surface area contributed by atoms with Crippen LogP contribution in [0.15, 0.2) is 56.0 Å². The van der Waals surface area contributed by atoms with E-state index < -0.39 is 9.84 Å². The van der Waals surface area contributed by atoms with Crippen molar-refractivity contribution in [2.24, 2.45) is 0 Å². The van der Waals surface area contributed by atoms with Crippen molar-refractivity contribution in [1.29, 1.82) is 0 Å². The summed E-state index contributed by atoms with van der Waals surface area (Å²) in [6.45, 7) is 6.73. The molecule has 0 unspecified atom stereocenters. The Morgan fingerprint density at radius 1 is 1.11 bits per heavy atom. The SMILES string of the molecule is CCCCCC(C)(C)c1cc([S])c(OC)c(Sc2ccc(S(C)(=O)=O)cc2)c1. The van der Waals surface area contributed by atoms with Gasteiger partial charge in [-0.2, -0.15) is 0 Å². The molecule has 0 atom stereocenters. The highest BCUT2D eigenvalue weighted by atomic mass is 32.2. The summed E-state index contributed by atoms with van der Waals surface area (Å²) in [5, 5.41) is 0. The van der Waals surface area contributed by atoms with E-state index in [-0.39, 0.29) is 5.41 Å².